The number of carboxylic acids is 1. The quantitative estimate of drug-likeness (QED) is 0.662. The highest BCUT2D eigenvalue weighted by Crippen LogP contribution is 2.25. The molecular formula is C20H24BrN3O3. The zero-order valence-electron chi connectivity index (χ0n) is 15.7. The molecule has 2 aromatic carbocycles. The van der Waals surface area contributed by atoms with E-state index in [4.69, 9.17) is 0 Å². The smallest absolute Gasteiger partial charge is 0.337 e. The number of amides is 1. The van der Waals surface area contributed by atoms with Crippen LogP contribution in [0.5, 0.6) is 0 Å². The molecule has 1 amide bonds. The fraction of sp³-hybridized carbons (Fsp3) is 0.300. The van der Waals surface area contributed by atoms with E-state index in [1.54, 1.807) is 36.4 Å². The van der Waals surface area contributed by atoms with Crippen LogP contribution in [0.1, 0.15) is 27.6 Å². The number of aromatic carboxylic acids is 1. The van der Waals surface area contributed by atoms with Crippen LogP contribution in [0.4, 0.5) is 11.4 Å². The number of carbonyl (C=O) groups is 2. The molecule has 27 heavy (non-hydrogen) atoms. The maximum absolute atomic E-state index is 12.4. The van der Waals surface area contributed by atoms with Crippen molar-refractivity contribution in [2.45, 2.75) is 6.92 Å². The Labute approximate surface area is 167 Å². The molecule has 6 nitrogen and oxygen atoms in total. The minimum Gasteiger partial charge on any atom is -0.478 e. The van der Waals surface area contributed by atoms with E-state index < -0.39 is 5.97 Å². The van der Waals surface area contributed by atoms with Crippen molar-refractivity contribution in [1.29, 1.82) is 0 Å². The molecule has 0 spiro atoms. The average Bonchev–Trinajstić information content (AvgIpc) is 2.63. The summed E-state index contributed by atoms with van der Waals surface area (Å²) in [5.41, 5.74) is 1.77. The van der Waals surface area contributed by atoms with Crippen molar-refractivity contribution < 1.29 is 14.7 Å². The number of likely N-dealkylation sites (N-methyl/N-ethyl adjacent to an activating group) is 2. The first kappa shape index (κ1) is 20.9. The van der Waals surface area contributed by atoms with Gasteiger partial charge in [0.1, 0.15) is 0 Å². The molecule has 0 atom stereocenters. The molecule has 0 heterocycles. The van der Waals surface area contributed by atoms with Gasteiger partial charge >= 0.3 is 5.97 Å². The van der Waals surface area contributed by atoms with Gasteiger partial charge in [-0.3, -0.25) is 4.79 Å². The second-order valence-corrected chi connectivity index (χ2v) is 7.30. The monoisotopic (exact) mass is 433 g/mol. The molecule has 0 radical (unpaired) electrons. The largest absolute Gasteiger partial charge is 0.478 e. The van der Waals surface area contributed by atoms with E-state index in [9.17, 15) is 14.7 Å². The lowest BCUT2D eigenvalue weighted by Gasteiger charge is -2.26. The van der Waals surface area contributed by atoms with Gasteiger partial charge in [-0.1, -0.05) is 15.9 Å². The number of hydrogen-bond donors (Lipinski definition) is 2. The van der Waals surface area contributed by atoms with Crippen LogP contribution >= 0.6 is 15.9 Å². The normalized spacial score (nSPS) is 10.7. The molecule has 0 bridgehead atoms. The molecule has 7 heteroatoms. The second kappa shape index (κ2) is 9.53. The highest BCUT2D eigenvalue weighted by atomic mass is 79.9. The van der Waals surface area contributed by atoms with Crippen LogP contribution in [0.25, 0.3) is 0 Å². The van der Waals surface area contributed by atoms with E-state index in [1.807, 2.05) is 25.9 Å². The summed E-state index contributed by atoms with van der Waals surface area (Å²) in [5, 5.41) is 12.4. The Kier molecular flexibility index (Phi) is 7.38. The number of rotatable bonds is 8. The molecule has 2 aromatic rings. The Hall–Kier alpha value is -2.38. The highest BCUT2D eigenvalue weighted by molar-refractivity contribution is 9.10. The summed E-state index contributed by atoms with van der Waals surface area (Å²) in [6.07, 6.45) is 0. The molecule has 2 rings (SSSR count). The van der Waals surface area contributed by atoms with Crippen molar-refractivity contribution in [2.75, 3.05) is 43.9 Å². The minimum absolute atomic E-state index is 0.171. The summed E-state index contributed by atoms with van der Waals surface area (Å²) >= 11 is 3.33. The predicted octanol–water partition coefficient (Wildman–Crippen LogP) is 3.79. The molecule has 0 aliphatic carbocycles. The topological polar surface area (TPSA) is 72.9 Å². The number of nitrogens with one attached hydrogen (secondary N) is 1. The Morgan fingerprint density at radius 3 is 2.30 bits per heavy atom. The van der Waals surface area contributed by atoms with Crippen LogP contribution in [0.15, 0.2) is 46.9 Å². The van der Waals surface area contributed by atoms with Crippen molar-refractivity contribution in [3.63, 3.8) is 0 Å². The summed E-state index contributed by atoms with van der Waals surface area (Å²) in [6.45, 7) is 4.21. The fourth-order valence-corrected chi connectivity index (χ4v) is 2.90. The van der Waals surface area contributed by atoms with E-state index in [1.165, 1.54) is 6.07 Å². The average molecular weight is 434 g/mol. The molecule has 0 unspecified atom stereocenters. The molecule has 0 aromatic heterocycles. The van der Waals surface area contributed by atoms with Crippen molar-refractivity contribution in [3.05, 3.63) is 58.1 Å². The summed E-state index contributed by atoms with van der Waals surface area (Å²) in [4.78, 5) is 28.2. The van der Waals surface area contributed by atoms with Gasteiger partial charge in [-0.15, -0.1) is 0 Å². The third-order valence-corrected chi connectivity index (χ3v) is 4.66. The molecule has 0 aliphatic rings. The molecule has 2 N–H and O–H groups in total. The number of halogens is 1. The van der Waals surface area contributed by atoms with Gasteiger partial charge in [0.2, 0.25) is 0 Å². The van der Waals surface area contributed by atoms with Crippen LogP contribution in [0.3, 0.4) is 0 Å². The minimum atomic E-state index is -1.02. The van der Waals surface area contributed by atoms with Crippen molar-refractivity contribution in [2.24, 2.45) is 0 Å². The number of nitrogens with zero attached hydrogens (tertiary/aromatic N) is 2. The predicted molar refractivity (Wildman–Crippen MR) is 112 cm³/mol. The maximum atomic E-state index is 12.4. The third-order valence-electron chi connectivity index (χ3n) is 4.13. The van der Waals surface area contributed by atoms with Crippen LogP contribution in [0, 0.1) is 0 Å². The van der Waals surface area contributed by atoms with E-state index in [-0.39, 0.29) is 11.5 Å². The summed E-state index contributed by atoms with van der Waals surface area (Å²) in [6, 6.07) is 12.0. The van der Waals surface area contributed by atoms with Gasteiger partial charge in [0.05, 0.1) is 11.3 Å². The van der Waals surface area contributed by atoms with E-state index in [2.05, 4.69) is 26.1 Å². The van der Waals surface area contributed by atoms with Gasteiger partial charge < -0.3 is 20.2 Å². The number of hydrogen-bond acceptors (Lipinski definition) is 4. The molecule has 0 saturated carbocycles. The summed E-state index contributed by atoms with van der Waals surface area (Å²) in [7, 11) is 3.96. The van der Waals surface area contributed by atoms with Gasteiger partial charge in [-0.2, -0.15) is 0 Å². The van der Waals surface area contributed by atoms with E-state index in [0.29, 0.717) is 30.0 Å². The highest BCUT2D eigenvalue weighted by Gasteiger charge is 2.17. The molecule has 0 aliphatic heterocycles. The maximum Gasteiger partial charge on any atom is 0.337 e. The molecule has 0 fully saturated rings. The summed E-state index contributed by atoms with van der Waals surface area (Å²) < 4.78 is 0.883. The first-order valence-corrected chi connectivity index (χ1v) is 9.45. The Morgan fingerprint density at radius 1 is 1.07 bits per heavy atom. The van der Waals surface area contributed by atoms with E-state index >= 15 is 0 Å². The number of benzene rings is 2. The van der Waals surface area contributed by atoms with Gasteiger partial charge in [0.25, 0.3) is 5.91 Å². The van der Waals surface area contributed by atoms with Gasteiger partial charge in [-0.25, -0.2) is 4.79 Å². The van der Waals surface area contributed by atoms with Gasteiger partial charge in [0.15, 0.2) is 0 Å². The number of carboxylic acid groups (broad SMARTS) is 1. The van der Waals surface area contributed by atoms with Crippen molar-refractivity contribution >= 4 is 39.2 Å². The van der Waals surface area contributed by atoms with Gasteiger partial charge in [-0.05, 0) is 63.5 Å². The zero-order valence-corrected chi connectivity index (χ0v) is 17.3. The first-order valence-electron chi connectivity index (χ1n) is 8.65. The Balaban J connectivity index is 2.24. The lowest BCUT2D eigenvalue weighted by molar-refractivity contribution is 0.0697. The second-order valence-electron chi connectivity index (χ2n) is 6.38. The standard InChI is InChI=1S/C20H24BrN3O3/c1-4-24(12-11-23(2)3)18-10-9-16(13-17(18)20(26)27)22-19(25)14-5-7-15(21)8-6-14/h5-10,13H,4,11-12H2,1-3H3,(H,22,25)(H,26,27). The van der Waals surface area contributed by atoms with Crippen LogP contribution in [-0.2, 0) is 0 Å². The van der Waals surface area contributed by atoms with Gasteiger partial charge in [0, 0.05) is 35.4 Å². The number of carbonyl (C=O) groups excluding carboxylic acids is 1. The van der Waals surface area contributed by atoms with Crippen LogP contribution in [0.2, 0.25) is 0 Å². The Bertz CT molecular complexity index is 807. The molecular weight excluding hydrogens is 410 g/mol. The van der Waals surface area contributed by atoms with Crippen LogP contribution < -0.4 is 10.2 Å². The first-order chi connectivity index (χ1) is 12.8. The van der Waals surface area contributed by atoms with E-state index in [0.717, 1.165) is 11.0 Å². The summed E-state index contributed by atoms with van der Waals surface area (Å²) in [5.74, 6) is -1.31. The van der Waals surface area contributed by atoms with Crippen molar-refractivity contribution in [1.82, 2.24) is 4.90 Å². The van der Waals surface area contributed by atoms with Crippen molar-refractivity contribution in [3.8, 4) is 0 Å². The molecule has 0 saturated heterocycles. The lowest BCUT2D eigenvalue weighted by Crippen LogP contribution is -2.32. The van der Waals surface area contributed by atoms with Crippen LogP contribution in [-0.4, -0.2) is 55.6 Å². The molecule has 144 valence electrons. The fourth-order valence-electron chi connectivity index (χ4n) is 2.63. The number of anilines is 2. The lowest BCUT2D eigenvalue weighted by atomic mass is 10.1. The Morgan fingerprint density at radius 2 is 1.74 bits per heavy atom. The third kappa shape index (κ3) is 5.80. The SMILES string of the molecule is CCN(CCN(C)C)c1ccc(NC(=O)c2ccc(Br)cc2)cc1C(=O)O. The zero-order chi connectivity index (χ0) is 20.0.